The van der Waals surface area contributed by atoms with Gasteiger partial charge >= 0.3 is 17.9 Å². The lowest BCUT2D eigenvalue weighted by molar-refractivity contribution is -0.203. The Morgan fingerprint density at radius 3 is 1.84 bits per heavy atom. The van der Waals surface area contributed by atoms with Gasteiger partial charge in [0.1, 0.15) is 18.3 Å². The molecule has 0 amide bonds. The van der Waals surface area contributed by atoms with Crippen LogP contribution in [0.4, 0.5) is 0 Å². The summed E-state index contributed by atoms with van der Waals surface area (Å²) in [5.74, 6) is -4.23. The molecule has 1 saturated carbocycles. The maximum Gasteiger partial charge on any atom is 0.335 e. The maximum absolute atomic E-state index is 12.4. The highest BCUT2D eigenvalue weighted by molar-refractivity contribution is 5.88. The monoisotopic (exact) mass is 512 g/mol. The molecule has 0 radical (unpaired) electrons. The molecule has 10 nitrogen and oxygen atoms in total. The van der Waals surface area contributed by atoms with Gasteiger partial charge in [0.05, 0.1) is 0 Å². The van der Waals surface area contributed by atoms with E-state index in [1.807, 2.05) is 26.0 Å². The molecule has 1 aliphatic rings. The quantitative estimate of drug-likeness (QED) is 0.210. The van der Waals surface area contributed by atoms with Crippen LogP contribution in [0.2, 0.25) is 0 Å². The number of carbonyl (C=O) groups excluding carboxylic acids is 2. The molecule has 2 aromatic carbocycles. The number of phenolic OH excluding ortho intramolecular Hbond substituents is 2. The van der Waals surface area contributed by atoms with Gasteiger partial charge < -0.3 is 35.0 Å². The van der Waals surface area contributed by atoms with Gasteiger partial charge in [-0.1, -0.05) is 24.3 Å². The van der Waals surface area contributed by atoms with E-state index in [0.29, 0.717) is 5.56 Å². The lowest BCUT2D eigenvalue weighted by Gasteiger charge is -2.40. The molecule has 0 aliphatic heterocycles. The second kappa shape index (κ2) is 11.3. The summed E-state index contributed by atoms with van der Waals surface area (Å²) in [5, 5.41) is 49.7. The van der Waals surface area contributed by atoms with Crippen molar-refractivity contribution in [2.45, 2.75) is 50.6 Å². The van der Waals surface area contributed by atoms with Crippen molar-refractivity contribution in [2.75, 3.05) is 0 Å². The first-order valence-electron chi connectivity index (χ1n) is 11.4. The summed E-state index contributed by atoms with van der Waals surface area (Å²) < 4.78 is 10.4. The number of esters is 2. The molecule has 37 heavy (non-hydrogen) atoms. The molecule has 196 valence electrons. The fraction of sp³-hybridized carbons (Fsp3) is 0.296. The summed E-state index contributed by atoms with van der Waals surface area (Å²) in [6.07, 6.45) is -0.981. The second-order valence-corrected chi connectivity index (χ2v) is 8.94. The number of aliphatic hydroxyl groups is 2. The number of hydrogen-bond donors (Lipinski definition) is 5. The number of carboxylic acids is 1. The molecule has 1 aliphatic carbocycles. The minimum atomic E-state index is -2.42. The molecular weight excluding hydrogens is 484 g/mol. The largest absolute Gasteiger partial charge is 0.504 e. The first-order chi connectivity index (χ1) is 17.4. The lowest BCUT2D eigenvalue weighted by atomic mass is 9.79. The molecule has 3 rings (SSSR count). The van der Waals surface area contributed by atoms with Gasteiger partial charge in [-0.2, -0.15) is 0 Å². The third-order valence-electron chi connectivity index (χ3n) is 6.13. The van der Waals surface area contributed by atoms with Gasteiger partial charge in [0.2, 0.25) is 0 Å². The van der Waals surface area contributed by atoms with Gasteiger partial charge in [0, 0.05) is 25.0 Å². The number of aliphatic carboxylic acids is 1. The zero-order valence-electron chi connectivity index (χ0n) is 20.2. The molecule has 4 atom stereocenters. The molecular formula is C27H28O10. The molecule has 2 aromatic rings. The van der Waals surface area contributed by atoms with E-state index in [9.17, 15) is 39.9 Å². The van der Waals surface area contributed by atoms with Crippen molar-refractivity contribution in [1.82, 2.24) is 0 Å². The van der Waals surface area contributed by atoms with Crippen LogP contribution in [0.3, 0.4) is 0 Å². The Morgan fingerprint density at radius 1 is 0.838 bits per heavy atom. The number of ether oxygens (including phenoxy) is 2. The van der Waals surface area contributed by atoms with Gasteiger partial charge in [-0.05, 0) is 60.4 Å². The van der Waals surface area contributed by atoms with Gasteiger partial charge in [-0.15, -0.1) is 0 Å². The highest BCUT2D eigenvalue weighted by Crippen LogP contribution is 2.33. The average molecular weight is 513 g/mol. The number of aryl methyl sites for hydroxylation is 2. The van der Waals surface area contributed by atoms with E-state index < -0.39 is 60.4 Å². The van der Waals surface area contributed by atoms with E-state index in [-0.39, 0.29) is 5.75 Å². The summed E-state index contributed by atoms with van der Waals surface area (Å²) in [7, 11) is 0. The highest BCUT2D eigenvalue weighted by atomic mass is 16.6. The van der Waals surface area contributed by atoms with Crippen molar-refractivity contribution >= 4 is 30.1 Å². The van der Waals surface area contributed by atoms with Crippen molar-refractivity contribution in [3.63, 3.8) is 0 Å². The Morgan fingerprint density at radius 2 is 1.35 bits per heavy atom. The molecule has 0 unspecified atom stereocenters. The SMILES string of the molecule is Cc1ccc(/C=C/C(=O)O[C@@H]2C[C@@](O)(C(=O)O)C[C@@H](OC(=O)/C=C/c3ccc(O)c(O)c3)[C@@H]2O)cc1C. The van der Waals surface area contributed by atoms with E-state index in [4.69, 9.17) is 9.47 Å². The Kier molecular flexibility index (Phi) is 8.36. The Balaban J connectivity index is 1.71. The predicted molar refractivity (Wildman–Crippen MR) is 131 cm³/mol. The van der Waals surface area contributed by atoms with Crippen LogP contribution >= 0.6 is 0 Å². The van der Waals surface area contributed by atoms with E-state index >= 15 is 0 Å². The minimum absolute atomic E-state index is 0.345. The summed E-state index contributed by atoms with van der Waals surface area (Å²) in [6.45, 7) is 3.86. The van der Waals surface area contributed by atoms with Gasteiger partial charge in [0.15, 0.2) is 17.1 Å². The first kappa shape index (κ1) is 27.4. The lowest BCUT2D eigenvalue weighted by Crippen LogP contribution is -2.58. The van der Waals surface area contributed by atoms with E-state index in [1.54, 1.807) is 6.07 Å². The molecule has 0 spiro atoms. The van der Waals surface area contributed by atoms with Crippen molar-refractivity contribution < 1.29 is 49.4 Å². The van der Waals surface area contributed by atoms with E-state index in [0.717, 1.165) is 28.8 Å². The standard InChI is InChI=1S/C27H28O10/c1-15-3-4-17(11-16(15)2)6-9-23(30)36-21-13-27(35,26(33)34)14-22(25(21)32)37-24(31)10-7-18-5-8-19(28)20(29)12-18/h3-12,21-22,25,28-29,32,35H,13-14H2,1-2H3,(H,33,34)/b9-6+,10-7+/t21-,22-,25-,27+/m1/s1. The minimum Gasteiger partial charge on any atom is -0.504 e. The Hall–Kier alpha value is -4.15. The predicted octanol–water partition coefficient (Wildman–Crippen LogP) is 2.24. The summed E-state index contributed by atoms with van der Waals surface area (Å²) >= 11 is 0. The molecule has 1 fully saturated rings. The van der Waals surface area contributed by atoms with E-state index in [1.165, 1.54) is 30.4 Å². The first-order valence-corrected chi connectivity index (χ1v) is 11.4. The van der Waals surface area contributed by atoms with Crippen molar-refractivity contribution in [2.24, 2.45) is 0 Å². The topological polar surface area (TPSA) is 171 Å². The zero-order valence-corrected chi connectivity index (χ0v) is 20.2. The van der Waals surface area contributed by atoms with Crippen LogP contribution in [0.5, 0.6) is 11.5 Å². The fourth-order valence-corrected chi connectivity index (χ4v) is 3.85. The molecule has 0 aromatic heterocycles. The van der Waals surface area contributed by atoms with Crippen molar-refractivity contribution in [3.05, 3.63) is 70.8 Å². The van der Waals surface area contributed by atoms with Crippen LogP contribution in [0.25, 0.3) is 12.2 Å². The van der Waals surface area contributed by atoms with Gasteiger partial charge in [-0.25, -0.2) is 14.4 Å². The van der Waals surface area contributed by atoms with Crippen LogP contribution in [0.15, 0.2) is 48.6 Å². The van der Waals surface area contributed by atoms with Crippen LogP contribution < -0.4 is 0 Å². The Labute approximate surface area is 212 Å². The fourth-order valence-electron chi connectivity index (χ4n) is 3.85. The average Bonchev–Trinajstić information content (AvgIpc) is 2.83. The summed E-state index contributed by atoms with van der Waals surface area (Å²) in [4.78, 5) is 36.4. The molecule has 5 N–H and O–H groups in total. The second-order valence-electron chi connectivity index (χ2n) is 8.94. The Bertz CT molecular complexity index is 1160. The third kappa shape index (κ3) is 6.96. The summed E-state index contributed by atoms with van der Waals surface area (Å²) in [6, 6.07) is 9.37. The maximum atomic E-state index is 12.4. The van der Waals surface area contributed by atoms with Gasteiger partial charge in [0.25, 0.3) is 0 Å². The molecule has 10 heteroatoms. The number of aliphatic hydroxyl groups excluding tert-OH is 1. The van der Waals surface area contributed by atoms with Crippen LogP contribution in [-0.2, 0) is 23.9 Å². The number of phenols is 2. The summed E-state index contributed by atoms with van der Waals surface area (Å²) in [5.41, 5.74) is 0.757. The van der Waals surface area contributed by atoms with Crippen molar-refractivity contribution in [1.29, 1.82) is 0 Å². The third-order valence-corrected chi connectivity index (χ3v) is 6.13. The van der Waals surface area contributed by atoms with Crippen LogP contribution in [0, 0.1) is 13.8 Å². The molecule has 0 heterocycles. The number of carboxylic acid groups (broad SMARTS) is 1. The van der Waals surface area contributed by atoms with Crippen molar-refractivity contribution in [3.8, 4) is 11.5 Å². The van der Waals surface area contributed by atoms with Crippen LogP contribution in [-0.4, -0.2) is 67.4 Å². The number of rotatable bonds is 7. The van der Waals surface area contributed by atoms with E-state index in [2.05, 4.69) is 0 Å². The number of hydrogen-bond acceptors (Lipinski definition) is 9. The smallest absolute Gasteiger partial charge is 0.335 e. The number of aromatic hydroxyl groups is 2. The normalized spacial score (nSPS) is 23.7. The molecule has 0 saturated heterocycles. The number of carbonyl (C=O) groups is 3. The number of benzene rings is 2. The highest BCUT2D eigenvalue weighted by Gasteiger charge is 2.52. The zero-order chi connectivity index (χ0) is 27.3. The molecule has 0 bridgehead atoms. The van der Waals surface area contributed by atoms with Gasteiger partial charge in [-0.3, -0.25) is 0 Å². The van der Waals surface area contributed by atoms with Crippen LogP contribution in [0.1, 0.15) is 35.1 Å².